The van der Waals surface area contributed by atoms with Gasteiger partial charge in [0.25, 0.3) is 0 Å². The Balaban J connectivity index is 1.87. The molecule has 4 rings (SSSR count). The molecule has 3 atom stereocenters. The van der Waals surface area contributed by atoms with Crippen molar-refractivity contribution >= 4 is 16.9 Å². The summed E-state index contributed by atoms with van der Waals surface area (Å²) in [5.74, 6) is 0.618. The van der Waals surface area contributed by atoms with Crippen molar-refractivity contribution < 1.29 is 9.13 Å². The standard InChI is InChI=1S/C19H20FN3OS/c1-11-5-14(8-22-7-11)13-3-4-17(20)15(6-13)19-10-24-12(2)16(19)9-25-18(21)23-19/h3-8,12,16H,9-10H2,1-2H3,(H2,21,23)/t12-,16-,19-/m1/s1. The molecular formula is C19H20FN3OS. The number of hydrogen-bond donors (Lipinski definition) is 1. The molecular weight excluding hydrogens is 337 g/mol. The Kier molecular flexibility index (Phi) is 4.04. The number of halogens is 1. The number of thioether (sulfide) groups is 1. The first kappa shape index (κ1) is 16.5. The normalized spacial score (nSPS) is 28.5. The van der Waals surface area contributed by atoms with Crippen LogP contribution in [-0.2, 0) is 10.3 Å². The van der Waals surface area contributed by atoms with Crippen molar-refractivity contribution in [2.24, 2.45) is 16.6 Å². The Hall–Kier alpha value is -1.92. The molecule has 2 aliphatic heterocycles. The molecule has 0 spiro atoms. The Bertz CT molecular complexity index is 856. The highest BCUT2D eigenvalue weighted by molar-refractivity contribution is 8.13. The molecule has 1 fully saturated rings. The summed E-state index contributed by atoms with van der Waals surface area (Å²) < 4.78 is 20.7. The highest BCUT2D eigenvalue weighted by Gasteiger charge is 2.52. The molecule has 4 nitrogen and oxygen atoms in total. The number of fused-ring (bicyclic) bond motifs is 1. The monoisotopic (exact) mass is 357 g/mol. The fourth-order valence-electron chi connectivity index (χ4n) is 3.75. The minimum atomic E-state index is -0.744. The van der Waals surface area contributed by atoms with Gasteiger partial charge in [0.1, 0.15) is 11.4 Å². The van der Waals surface area contributed by atoms with Gasteiger partial charge in [-0.1, -0.05) is 17.8 Å². The van der Waals surface area contributed by atoms with E-state index in [0.29, 0.717) is 17.3 Å². The van der Waals surface area contributed by atoms with Gasteiger partial charge < -0.3 is 10.5 Å². The zero-order valence-electron chi connectivity index (χ0n) is 14.2. The lowest BCUT2D eigenvalue weighted by Gasteiger charge is -2.35. The number of pyridine rings is 1. The second-order valence-corrected chi connectivity index (χ2v) is 7.79. The van der Waals surface area contributed by atoms with Crippen molar-refractivity contribution in [2.75, 3.05) is 12.4 Å². The van der Waals surface area contributed by atoms with Crippen LogP contribution < -0.4 is 5.73 Å². The predicted octanol–water partition coefficient (Wildman–Crippen LogP) is 3.49. The summed E-state index contributed by atoms with van der Waals surface area (Å²) in [5.41, 5.74) is 8.77. The molecule has 130 valence electrons. The molecule has 2 aliphatic rings. The van der Waals surface area contributed by atoms with Crippen LogP contribution in [0.1, 0.15) is 18.1 Å². The molecule has 2 aromatic rings. The van der Waals surface area contributed by atoms with E-state index in [2.05, 4.69) is 9.98 Å². The fourth-order valence-corrected chi connectivity index (χ4v) is 4.87. The number of rotatable bonds is 2. The summed E-state index contributed by atoms with van der Waals surface area (Å²) in [6.07, 6.45) is 3.62. The van der Waals surface area contributed by atoms with Gasteiger partial charge in [0.05, 0.1) is 12.7 Å². The molecule has 0 aliphatic carbocycles. The molecule has 2 N–H and O–H groups in total. The number of aryl methyl sites for hydroxylation is 1. The number of aliphatic imine (C=N–C) groups is 1. The van der Waals surface area contributed by atoms with Crippen LogP contribution in [0, 0.1) is 18.7 Å². The molecule has 0 bridgehead atoms. The summed E-state index contributed by atoms with van der Waals surface area (Å²) in [6, 6.07) is 7.22. The number of aromatic nitrogens is 1. The van der Waals surface area contributed by atoms with E-state index >= 15 is 0 Å². The lowest BCUT2D eigenvalue weighted by atomic mass is 9.78. The zero-order valence-corrected chi connectivity index (χ0v) is 15.0. The fraction of sp³-hybridized carbons (Fsp3) is 0.368. The van der Waals surface area contributed by atoms with Crippen LogP contribution in [0.15, 0.2) is 41.7 Å². The quantitative estimate of drug-likeness (QED) is 0.894. The summed E-state index contributed by atoms with van der Waals surface area (Å²) in [6.45, 7) is 4.37. The number of nitrogens with two attached hydrogens (primary N) is 1. The molecule has 3 heterocycles. The molecule has 1 aromatic carbocycles. The Morgan fingerprint density at radius 2 is 2.12 bits per heavy atom. The Labute approximate surface area is 150 Å². The third kappa shape index (κ3) is 2.73. The first-order valence-corrected chi connectivity index (χ1v) is 9.30. The van der Waals surface area contributed by atoms with Gasteiger partial charge in [-0.2, -0.15) is 0 Å². The van der Waals surface area contributed by atoms with Crippen LogP contribution >= 0.6 is 11.8 Å². The van der Waals surface area contributed by atoms with Crippen molar-refractivity contribution in [3.63, 3.8) is 0 Å². The van der Waals surface area contributed by atoms with Crippen LogP contribution in [0.2, 0.25) is 0 Å². The van der Waals surface area contributed by atoms with Gasteiger partial charge >= 0.3 is 0 Å². The van der Waals surface area contributed by atoms with Crippen LogP contribution in [0.5, 0.6) is 0 Å². The number of hydrogen-bond acceptors (Lipinski definition) is 5. The Morgan fingerprint density at radius 3 is 2.92 bits per heavy atom. The largest absolute Gasteiger partial charge is 0.379 e. The first-order chi connectivity index (χ1) is 12.0. The van der Waals surface area contributed by atoms with E-state index in [0.717, 1.165) is 22.4 Å². The van der Waals surface area contributed by atoms with Crippen LogP contribution in [0.25, 0.3) is 11.1 Å². The van der Waals surface area contributed by atoms with Gasteiger partial charge in [-0.15, -0.1) is 0 Å². The highest BCUT2D eigenvalue weighted by Crippen LogP contribution is 2.48. The average Bonchev–Trinajstić information content (AvgIpc) is 2.92. The number of ether oxygens (including phenoxy) is 1. The van der Waals surface area contributed by atoms with E-state index in [1.54, 1.807) is 18.5 Å². The topological polar surface area (TPSA) is 60.5 Å². The van der Waals surface area contributed by atoms with Gasteiger partial charge in [0.15, 0.2) is 5.17 Å². The van der Waals surface area contributed by atoms with Gasteiger partial charge in [-0.05, 0) is 43.2 Å². The zero-order chi connectivity index (χ0) is 17.6. The smallest absolute Gasteiger partial charge is 0.154 e. The number of nitrogens with zero attached hydrogens (tertiary/aromatic N) is 2. The van der Waals surface area contributed by atoms with Crippen LogP contribution in [0.3, 0.4) is 0 Å². The second-order valence-electron chi connectivity index (χ2n) is 6.75. The summed E-state index contributed by atoms with van der Waals surface area (Å²) in [4.78, 5) is 8.93. The van der Waals surface area contributed by atoms with E-state index in [1.165, 1.54) is 17.8 Å². The van der Waals surface area contributed by atoms with E-state index in [9.17, 15) is 4.39 Å². The average molecular weight is 357 g/mol. The molecule has 0 radical (unpaired) electrons. The third-order valence-corrected chi connectivity index (χ3v) is 6.02. The molecule has 25 heavy (non-hydrogen) atoms. The van der Waals surface area contributed by atoms with Crippen LogP contribution in [-0.4, -0.2) is 28.6 Å². The molecule has 1 aromatic heterocycles. The molecule has 0 saturated carbocycles. The van der Waals surface area contributed by atoms with Gasteiger partial charge in [0, 0.05) is 35.2 Å². The van der Waals surface area contributed by atoms with Crippen molar-refractivity contribution in [1.29, 1.82) is 0 Å². The Morgan fingerprint density at radius 1 is 1.28 bits per heavy atom. The minimum Gasteiger partial charge on any atom is -0.379 e. The third-order valence-electron chi connectivity index (χ3n) is 5.11. The second kappa shape index (κ2) is 6.11. The number of benzene rings is 1. The lowest BCUT2D eigenvalue weighted by Crippen LogP contribution is -2.41. The van der Waals surface area contributed by atoms with E-state index in [1.807, 2.05) is 26.0 Å². The number of amidine groups is 1. The highest BCUT2D eigenvalue weighted by atomic mass is 32.2. The maximum absolute atomic E-state index is 14.8. The van der Waals surface area contributed by atoms with Gasteiger partial charge in [-0.25, -0.2) is 9.38 Å². The minimum absolute atomic E-state index is 0.0213. The maximum atomic E-state index is 14.8. The lowest BCUT2D eigenvalue weighted by molar-refractivity contribution is 0.107. The molecule has 1 saturated heterocycles. The molecule has 0 unspecified atom stereocenters. The van der Waals surface area contributed by atoms with Crippen LogP contribution in [0.4, 0.5) is 4.39 Å². The van der Waals surface area contributed by atoms with Gasteiger partial charge in [0.2, 0.25) is 0 Å². The van der Waals surface area contributed by atoms with Crippen molar-refractivity contribution in [1.82, 2.24) is 4.98 Å². The van der Waals surface area contributed by atoms with E-state index in [-0.39, 0.29) is 17.8 Å². The first-order valence-electron chi connectivity index (χ1n) is 8.31. The summed E-state index contributed by atoms with van der Waals surface area (Å²) in [7, 11) is 0. The van der Waals surface area contributed by atoms with Crippen molar-refractivity contribution in [3.05, 3.63) is 53.6 Å². The van der Waals surface area contributed by atoms with Crippen molar-refractivity contribution in [3.8, 4) is 11.1 Å². The SMILES string of the molecule is Cc1cncc(-c2ccc(F)c([C@]34CO[C@H](C)[C@H]3CSC(N)=N4)c2)c1. The summed E-state index contributed by atoms with van der Waals surface area (Å²) in [5, 5.41) is 0.496. The maximum Gasteiger partial charge on any atom is 0.154 e. The van der Waals surface area contributed by atoms with E-state index < -0.39 is 5.54 Å². The van der Waals surface area contributed by atoms with E-state index in [4.69, 9.17) is 10.5 Å². The van der Waals surface area contributed by atoms with Crippen molar-refractivity contribution in [2.45, 2.75) is 25.5 Å². The molecule has 6 heteroatoms. The van der Waals surface area contributed by atoms with Gasteiger partial charge in [-0.3, -0.25) is 4.98 Å². The summed E-state index contributed by atoms with van der Waals surface area (Å²) >= 11 is 1.52. The molecule has 0 amide bonds. The predicted molar refractivity (Wildman–Crippen MR) is 99.0 cm³/mol.